The molecule has 1 atom stereocenters. The van der Waals surface area contributed by atoms with Crippen LogP contribution in [0.15, 0.2) is 24.3 Å². The van der Waals surface area contributed by atoms with Crippen LogP contribution in [-0.2, 0) is 0 Å². The van der Waals surface area contributed by atoms with Gasteiger partial charge in [-0.1, -0.05) is 52.5 Å². The molecule has 1 heterocycles. The molecular weight excluding hydrogens is 317 g/mol. The van der Waals surface area contributed by atoms with E-state index in [-0.39, 0.29) is 0 Å². The van der Waals surface area contributed by atoms with Crippen LogP contribution in [0.25, 0.3) is 5.57 Å². The van der Waals surface area contributed by atoms with E-state index in [1.807, 2.05) is 32.9 Å². The zero-order chi connectivity index (χ0) is 15.3. The number of rotatable bonds is 1. The fourth-order valence-corrected chi connectivity index (χ4v) is 3.05. The van der Waals surface area contributed by atoms with Gasteiger partial charge in [0.15, 0.2) is 6.23 Å². The van der Waals surface area contributed by atoms with Crippen molar-refractivity contribution >= 4 is 46.1 Å². The molecule has 0 saturated heterocycles. The van der Waals surface area contributed by atoms with Crippen LogP contribution in [0.3, 0.4) is 0 Å². The second-order valence-corrected chi connectivity index (χ2v) is 8.16. The molecule has 0 bridgehead atoms. The van der Waals surface area contributed by atoms with Gasteiger partial charge in [-0.3, -0.25) is 0 Å². The first-order valence-corrected chi connectivity index (χ1v) is 7.52. The Kier molecular flexibility index (Phi) is 4.07. The van der Waals surface area contributed by atoms with E-state index in [1.165, 1.54) is 0 Å². The highest BCUT2D eigenvalue weighted by Gasteiger charge is 2.44. The highest BCUT2D eigenvalue weighted by Crippen LogP contribution is 2.44. The lowest BCUT2D eigenvalue weighted by Gasteiger charge is -2.47. The van der Waals surface area contributed by atoms with E-state index in [0.29, 0.717) is 0 Å². The third kappa shape index (κ3) is 2.80. The molecule has 110 valence electrons. The van der Waals surface area contributed by atoms with Crippen LogP contribution < -0.4 is 4.90 Å². The minimum absolute atomic E-state index is 0.449. The highest BCUT2D eigenvalue weighted by molar-refractivity contribution is 6.68. The van der Waals surface area contributed by atoms with E-state index in [0.717, 1.165) is 22.4 Å². The summed E-state index contributed by atoms with van der Waals surface area (Å²) in [5.41, 5.74) is 3.79. The summed E-state index contributed by atoms with van der Waals surface area (Å²) in [7, 11) is 0. The van der Waals surface area contributed by atoms with E-state index in [2.05, 4.69) is 19.1 Å². The van der Waals surface area contributed by atoms with Gasteiger partial charge in [-0.2, -0.15) is 0 Å². The summed E-state index contributed by atoms with van der Waals surface area (Å²) in [4.78, 5) is 1.75. The van der Waals surface area contributed by atoms with Gasteiger partial charge in [0, 0.05) is 11.3 Å². The summed E-state index contributed by atoms with van der Waals surface area (Å²) in [6.45, 7) is 8.06. The molecule has 1 N–H and O–H groups in total. The molecule has 5 heteroatoms. The third-order valence-electron chi connectivity index (χ3n) is 3.56. The van der Waals surface area contributed by atoms with Crippen LogP contribution in [0.2, 0.25) is 0 Å². The molecule has 1 aliphatic heterocycles. The first-order valence-electron chi connectivity index (χ1n) is 6.38. The molecule has 0 spiro atoms. The SMILES string of the molecule is CC1=CC(C)(C)N([C@@H](O)C(Cl)(Cl)Cl)c2ccc(C)cc21. The van der Waals surface area contributed by atoms with Crippen molar-refractivity contribution in [1.29, 1.82) is 0 Å². The number of benzene rings is 1. The van der Waals surface area contributed by atoms with Crippen LogP contribution >= 0.6 is 34.8 Å². The van der Waals surface area contributed by atoms with E-state index in [4.69, 9.17) is 34.8 Å². The molecule has 0 radical (unpaired) electrons. The first-order chi connectivity index (χ1) is 9.04. The van der Waals surface area contributed by atoms with Gasteiger partial charge in [0.25, 0.3) is 0 Å². The van der Waals surface area contributed by atoms with Crippen molar-refractivity contribution in [2.24, 2.45) is 0 Å². The zero-order valence-corrected chi connectivity index (χ0v) is 14.2. The molecule has 0 amide bonds. The van der Waals surface area contributed by atoms with Crippen LogP contribution in [0, 0.1) is 6.92 Å². The largest absolute Gasteiger partial charge is 0.369 e. The van der Waals surface area contributed by atoms with Crippen molar-refractivity contribution in [3.8, 4) is 0 Å². The Labute approximate surface area is 134 Å². The Hall–Kier alpha value is -0.410. The Morgan fingerprint density at radius 3 is 2.35 bits per heavy atom. The number of hydrogen-bond acceptors (Lipinski definition) is 2. The Balaban J connectivity index is 2.63. The number of nitrogens with zero attached hydrogens (tertiary/aromatic N) is 1. The van der Waals surface area contributed by atoms with Gasteiger partial charge in [0.2, 0.25) is 3.79 Å². The number of aliphatic hydroxyl groups excluding tert-OH is 1. The third-order valence-corrected chi connectivity index (χ3v) is 4.15. The standard InChI is InChI=1S/C15H18Cl3NO/c1-9-5-6-12-11(7-9)10(2)8-14(3,4)19(12)13(20)15(16,17)18/h5-8,13,20H,1-4H3/t13-/m0/s1. The molecule has 0 unspecified atom stereocenters. The summed E-state index contributed by atoms with van der Waals surface area (Å²) in [5, 5.41) is 10.4. The van der Waals surface area contributed by atoms with Crippen LogP contribution in [0.5, 0.6) is 0 Å². The maximum absolute atomic E-state index is 10.4. The molecular formula is C15H18Cl3NO. The van der Waals surface area contributed by atoms with Gasteiger partial charge in [-0.05, 0) is 45.4 Å². The number of aliphatic hydroxyl groups is 1. The van der Waals surface area contributed by atoms with Crippen LogP contribution in [0.1, 0.15) is 31.9 Å². The molecule has 0 aromatic heterocycles. The first kappa shape index (κ1) is 16.0. The molecule has 1 aromatic rings. The lowest BCUT2D eigenvalue weighted by atomic mass is 9.88. The van der Waals surface area contributed by atoms with Crippen molar-refractivity contribution < 1.29 is 5.11 Å². The fraction of sp³-hybridized carbons (Fsp3) is 0.467. The summed E-state index contributed by atoms with van der Waals surface area (Å²) < 4.78 is -1.78. The Morgan fingerprint density at radius 2 is 1.80 bits per heavy atom. The smallest absolute Gasteiger partial charge is 0.234 e. The minimum Gasteiger partial charge on any atom is -0.369 e. The van der Waals surface area contributed by atoms with Crippen molar-refractivity contribution in [3.05, 3.63) is 35.4 Å². The summed E-state index contributed by atoms with van der Waals surface area (Å²) in [6, 6.07) is 6.03. The summed E-state index contributed by atoms with van der Waals surface area (Å²) >= 11 is 17.7. The van der Waals surface area contributed by atoms with Crippen LogP contribution in [-0.4, -0.2) is 20.7 Å². The predicted octanol–water partition coefficient (Wildman–Crippen LogP) is 4.69. The van der Waals surface area contributed by atoms with Gasteiger partial charge >= 0.3 is 0 Å². The number of aryl methyl sites for hydroxylation is 1. The van der Waals surface area contributed by atoms with E-state index in [1.54, 1.807) is 4.90 Å². The highest BCUT2D eigenvalue weighted by atomic mass is 35.6. The molecule has 2 nitrogen and oxygen atoms in total. The topological polar surface area (TPSA) is 23.5 Å². The van der Waals surface area contributed by atoms with Crippen molar-refractivity contribution in [3.63, 3.8) is 0 Å². The van der Waals surface area contributed by atoms with Gasteiger partial charge in [-0.25, -0.2) is 0 Å². The maximum atomic E-state index is 10.4. The number of anilines is 1. The lowest BCUT2D eigenvalue weighted by molar-refractivity contribution is 0.154. The number of allylic oxidation sites excluding steroid dienone is 1. The van der Waals surface area contributed by atoms with E-state index < -0.39 is 15.6 Å². The number of fused-ring (bicyclic) bond motifs is 1. The predicted molar refractivity (Wildman–Crippen MR) is 87.7 cm³/mol. The monoisotopic (exact) mass is 333 g/mol. The molecule has 0 fully saturated rings. The van der Waals surface area contributed by atoms with Gasteiger partial charge < -0.3 is 10.0 Å². The number of alkyl halides is 3. The van der Waals surface area contributed by atoms with Gasteiger partial charge in [0.05, 0.1) is 5.54 Å². The normalized spacial score (nSPS) is 19.4. The number of halogens is 3. The molecule has 2 rings (SSSR count). The summed E-state index contributed by atoms with van der Waals surface area (Å²) in [6.07, 6.45) is 0.849. The second kappa shape index (κ2) is 5.10. The maximum Gasteiger partial charge on any atom is 0.234 e. The van der Waals surface area contributed by atoms with Crippen LogP contribution in [0.4, 0.5) is 5.69 Å². The van der Waals surface area contributed by atoms with Gasteiger partial charge in [0.1, 0.15) is 0 Å². The molecule has 0 aliphatic carbocycles. The second-order valence-electron chi connectivity index (χ2n) is 5.79. The minimum atomic E-state index is -1.78. The Morgan fingerprint density at radius 1 is 1.20 bits per heavy atom. The molecule has 0 saturated carbocycles. The van der Waals surface area contributed by atoms with Crippen molar-refractivity contribution in [1.82, 2.24) is 0 Å². The average molecular weight is 335 g/mol. The number of hydrogen-bond donors (Lipinski definition) is 1. The molecule has 20 heavy (non-hydrogen) atoms. The molecule has 1 aliphatic rings. The van der Waals surface area contributed by atoms with Crippen molar-refractivity contribution in [2.45, 2.75) is 43.3 Å². The average Bonchev–Trinajstić information content (AvgIpc) is 2.27. The lowest BCUT2D eigenvalue weighted by Crippen LogP contribution is -2.55. The molecule has 1 aromatic carbocycles. The van der Waals surface area contributed by atoms with Gasteiger partial charge in [-0.15, -0.1) is 0 Å². The zero-order valence-electron chi connectivity index (χ0n) is 11.9. The van der Waals surface area contributed by atoms with E-state index >= 15 is 0 Å². The fourth-order valence-electron chi connectivity index (χ4n) is 2.76. The van der Waals surface area contributed by atoms with E-state index in [9.17, 15) is 5.11 Å². The van der Waals surface area contributed by atoms with Crippen molar-refractivity contribution in [2.75, 3.05) is 4.90 Å². The summed E-state index contributed by atoms with van der Waals surface area (Å²) in [5.74, 6) is 0. The quantitative estimate of drug-likeness (QED) is 0.753. The Bertz CT molecular complexity index is 561.